The van der Waals surface area contributed by atoms with Gasteiger partial charge < -0.3 is 14.1 Å². The van der Waals surface area contributed by atoms with Gasteiger partial charge in [0, 0.05) is 22.2 Å². The van der Waals surface area contributed by atoms with Crippen LogP contribution in [0, 0.1) is 0 Å². The molecule has 0 saturated carbocycles. The predicted octanol–water partition coefficient (Wildman–Crippen LogP) is 2.58. The molecule has 0 unspecified atom stereocenters. The van der Waals surface area contributed by atoms with E-state index in [4.69, 9.17) is 16.3 Å². The molecule has 2 rings (SSSR count). The highest BCUT2D eigenvalue weighted by Crippen LogP contribution is 2.33. The highest BCUT2D eigenvalue weighted by molar-refractivity contribution is 6.31. The van der Waals surface area contributed by atoms with Crippen molar-refractivity contribution in [3.05, 3.63) is 51.4 Å². The van der Waals surface area contributed by atoms with Crippen LogP contribution in [-0.2, 0) is 11.3 Å². The minimum absolute atomic E-state index is 0.0649. The van der Waals surface area contributed by atoms with Crippen molar-refractivity contribution >= 4 is 23.7 Å². The van der Waals surface area contributed by atoms with Crippen LogP contribution >= 0.6 is 11.6 Å². The standard InChI is InChI=1S/C16H14ClNO4/c1-10(20)12-4-3-11(17)7-13(12)14-8-16(21)18(5-6-19)9-15(14)22-2/h3-4,6-9H,5H2,1-2H3. The van der Waals surface area contributed by atoms with Gasteiger partial charge in [0.1, 0.15) is 12.0 Å². The first kappa shape index (κ1) is 16.0. The van der Waals surface area contributed by atoms with Gasteiger partial charge in [0.25, 0.3) is 5.56 Å². The fraction of sp³-hybridized carbons (Fsp3) is 0.188. The molecule has 0 aliphatic rings. The predicted molar refractivity (Wildman–Crippen MR) is 83.8 cm³/mol. The lowest BCUT2D eigenvalue weighted by Gasteiger charge is -2.13. The van der Waals surface area contributed by atoms with Crippen molar-refractivity contribution in [1.82, 2.24) is 4.57 Å². The summed E-state index contributed by atoms with van der Waals surface area (Å²) in [6.07, 6.45) is 2.07. The van der Waals surface area contributed by atoms with Crippen molar-refractivity contribution in [3.8, 4) is 16.9 Å². The van der Waals surface area contributed by atoms with Gasteiger partial charge in [-0.05, 0) is 30.7 Å². The molecule has 22 heavy (non-hydrogen) atoms. The summed E-state index contributed by atoms with van der Waals surface area (Å²) in [4.78, 5) is 34.5. The van der Waals surface area contributed by atoms with Crippen LogP contribution in [-0.4, -0.2) is 23.7 Å². The normalized spacial score (nSPS) is 10.3. The number of aromatic nitrogens is 1. The van der Waals surface area contributed by atoms with E-state index in [0.29, 0.717) is 33.7 Å². The lowest BCUT2D eigenvalue weighted by molar-refractivity contribution is -0.108. The van der Waals surface area contributed by atoms with Gasteiger partial charge in [0.15, 0.2) is 5.78 Å². The van der Waals surface area contributed by atoms with Crippen LogP contribution in [0.1, 0.15) is 17.3 Å². The molecule has 1 aromatic carbocycles. The van der Waals surface area contributed by atoms with Gasteiger partial charge in [0.2, 0.25) is 0 Å². The minimum Gasteiger partial charge on any atom is -0.495 e. The van der Waals surface area contributed by atoms with Crippen LogP contribution in [0.3, 0.4) is 0 Å². The zero-order valence-corrected chi connectivity index (χ0v) is 12.9. The average molecular weight is 320 g/mol. The van der Waals surface area contributed by atoms with Crippen LogP contribution < -0.4 is 10.3 Å². The third-order valence-corrected chi connectivity index (χ3v) is 3.47. The molecular formula is C16H14ClNO4. The Morgan fingerprint density at radius 3 is 2.64 bits per heavy atom. The van der Waals surface area contributed by atoms with Crippen molar-refractivity contribution in [2.24, 2.45) is 0 Å². The van der Waals surface area contributed by atoms with Gasteiger partial charge >= 0.3 is 0 Å². The van der Waals surface area contributed by atoms with Gasteiger partial charge in [-0.15, -0.1) is 0 Å². The molecule has 0 saturated heterocycles. The zero-order valence-electron chi connectivity index (χ0n) is 12.1. The molecule has 0 radical (unpaired) electrons. The molecular weight excluding hydrogens is 306 g/mol. The number of hydrogen-bond acceptors (Lipinski definition) is 4. The summed E-state index contributed by atoms with van der Waals surface area (Å²) in [5, 5.41) is 0.444. The molecule has 0 N–H and O–H groups in total. The van der Waals surface area contributed by atoms with Crippen LogP contribution in [0.15, 0.2) is 35.3 Å². The average Bonchev–Trinajstić information content (AvgIpc) is 2.48. The van der Waals surface area contributed by atoms with Crippen molar-refractivity contribution in [1.29, 1.82) is 0 Å². The Labute approximate surface area is 132 Å². The third-order valence-electron chi connectivity index (χ3n) is 3.23. The summed E-state index contributed by atoms with van der Waals surface area (Å²) >= 11 is 6.01. The number of methoxy groups -OCH3 is 1. The lowest BCUT2D eigenvalue weighted by Crippen LogP contribution is -2.20. The Balaban J connectivity index is 2.74. The SMILES string of the molecule is COc1cn(CC=O)c(=O)cc1-c1cc(Cl)ccc1C(C)=O. The fourth-order valence-electron chi connectivity index (χ4n) is 2.19. The number of aldehydes is 1. The number of ether oxygens (including phenoxy) is 1. The maximum absolute atomic E-state index is 12.1. The molecule has 0 bridgehead atoms. The number of nitrogens with zero attached hydrogens (tertiary/aromatic N) is 1. The summed E-state index contributed by atoms with van der Waals surface area (Å²) in [6, 6.07) is 6.17. The Morgan fingerprint density at radius 1 is 1.32 bits per heavy atom. The molecule has 0 amide bonds. The van der Waals surface area contributed by atoms with Gasteiger partial charge in [-0.2, -0.15) is 0 Å². The van der Waals surface area contributed by atoms with E-state index in [9.17, 15) is 14.4 Å². The molecule has 1 heterocycles. The van der Waals surface area contributed by atoms with E-state index in [1.54, 1.807) is 18.2 Å². The van der Waals surface area contributed by atoms with Crippen LogP contribution in [0.4, 0.5) is 0 Å². The van der Waals surface area contributed by atoms with Crippen molar-refractivity contribution in [2.75, 3.05) is 7.11 Å². The number of pyridine rings is 1. The summed E-state index contributed by atoms with van der Waals surface area (Å²) in [5.74, 6) is 0.233. The quantitative estimate of drug-likeness (QED) is 0.627. The largest absolute Gasteiger partial charge is 0.495 e. The van der Waals surface area contributed by atoms with Crippen molar-refractivity contribution in [3.63, 3.8) is 0 Å². The Kier molecular flexibility index (Phi) is 4.78. The first-order valence-electron chi connectivity index (χ1n) is 6.51. The Bertz CT molecular complexity index is 795. The number of rotatable bonds is 5. The van der Waals surface area contributed by atoms with Crippen LogP contribution in [0.25, 0.3) is 11.1 Å². The third kappa shape index (κ3) is 3.09. The van der Waals surface area contributed by atoms with Crippen LogP contribution in [0.5, 0.6) is 5.75 Å². The Morgan fingerprint density at radius 2 is 2.05 bits per heavy atom. The molecule has 0 fully saturated rings. The second kappa shape index (κ2) is 6.58. The van der Waals surface area contributed by atoms with Gasteiger partial charge in [-0.1, -0.05) is 11.6 Å². The molecule has 6 heteroatoms. The van der Waals surface area contributed by atoms with Crippen LogP contribution in [0.2, 0.25) is 5.02 Å². The number of halogens is 1. The molecule has 0 spiro atoms. The van der Waals surface area contributed by atoms with E-state index < -0.39 is 0 Å². The fourth-order valence-corrected chi connectivity index (χ4v) is 2.37. The van der Waals surface area contributed by atoms with Gasteiger partial charge in [0.05, 0.1) is 19.9 Å². The van der Waals surface area contributed by atoms with E-state index in [0.717, 1.165) is 0 Å². The number of benzene rings is 1. The highest BCUT2D eigenvalue weighted by atomic mass is 35.5. The van der Waals surface area contributed by atoms with Crippen molar-refractivity contribution in [2.45, 2.75) is 13.5 Å². The maximum atomic E-state index is 12.1. The molecule has 0 atom stereocenters. The summed E-state index contributed by atoms with van der Waals surface area (Å²) in [7, 11) is 1.45. The molecule has 1 aromatic heterocycles. The molecule has 5 nitrogen and oxygen atoms in total. The van der Waals surface area contributed by atoms with E-state index in [1.807, 2.05) is 0 Å². The lowest BCUT2D eigenvalue weighted by atomic mass is 9.97. The topological polar surface area (TPSA) is 65.4 Å². The molecule has 114 valence electrons. The second-order valence-corrected chi connectivity index (χ2v) is 5.10. The smallest absolute Gasteiger partial charge is 0.251 e. The first-order chi connectivity index (χ1) is 10.5. The summed E-state index contributed by atoms with van der Waals surface area (Å²) < 4.78 is 6.52. The van der Waals surface area contributed by atoms with Crippen molar-refractivity contribution < 1.29 is 14.3 Å². The monoisotopic (exact) mass is 319 g/mol. The molecule has 0 aliphatic heterocycles. The number of carbonyl (C=O) groups is 2. The van der Waals surface area contributed by atoms with Gasteiger partial charge in [-0.3, -0.25) is 9.59 Å². The second-order valence-electron chi connectivity index (χ2n) is 4.66. The Hall–Kier alpha value is -2.40. The van der Waals surface area contributed by atoms with Gasteiger partial charge in [-0.25, -0.2) is 0 Å². The number of hydrogen-bond donors (Lipinski definition) is 0. The molecule has 2 aromatic rings. The number of Topliss-reactive ketones (excluding diaryl/α,β-unsaturated/α-hetero) is 1. The summed E-state index contributed by atoms with van der Waals surface area (Å²) in [5.41, 5.74) is 1.06. The zero-order chi connectivity index (χ0) is 16.3. The minimum atomic E-state index is -0.364. The maximum Gasteiger partial charge on any atom is 0.251 e. The molecule has 0 aliphatic carbocycles. The van der Waals surface area contributed by atoms with E-state index in [2.05, 4.69) is 0 Å². The van der Waals surface area contributed by atoms with E-state index in [-0.39, 0.29) is 17.9 Å². The first-order valence-corrected chi connectivity index (χ1v) is 6.88. The number of ketones is 1. The van der Waals surface area contributed by atoms with E-state index in [1.165, 1.54) is 30.9 Å². The summed E-state index contributed by atoms with van der Waals surface area (Å²) in [6.45, 7) is 1.37. The number of carbonyl (C=O) groups excluding carboxylic acids is 2. The van der Waals surface area contributed by atoms with E-state index >= 15 is 0 Å². The highest BCUT2D eigenvalue weighted by Gasteiger charge is 2.16.